The maximum atomic E-state index is 14.1. The molecule has 2 aromatic carbocycles. The highest BCUT2D eigenvalue weighted by molar-refractivity contribution is 7.10. The minimum atomic E-state index is -0.434. The fraction of sp³-hybridized carbons (Fsp3) is 0.308. The molecule has 0 N–H and O–H groups in total. The lowest BCUT2D eigenvalue weighted by atomic mass is 10.00. The molecule has 0 spiro atoms. The number of para-hydroxylation sites is 1. The second kappa shape index (κ2) is 10.2. The topological polar surface area (TPSA) is 49.9 Å². The van der Waals surface area contributed by atoms with E-state index in [1.165, 1.54) is 10.9 Å². The minimum Gasteiger partial charge on any atom is -0.488 e. The molecule has 1 aliphatic heterocycles. The van der Waals surface area contributed by atoms with Gasteiger partial charge >= 0.3 is 0 Å². The second-order valence-electron chi connectivity index (χ2n) is 8.29. The van der Waals surface area contributed by atoms with Crippen LogP contribution in [0, 0.1) is 5.82 Å². The molecule has 33 heavy (non-hydrogen) atoms. The summed E-state index contributed by atoms with van der Waals surface area (Å²) >= 11 is 1.66. The first kappa shape index (κ1) is 23.0. The van der Waals surface area contributed by atoms with E-state index in [2.05, 4.69) is 0 Å². The van der Waals surface area contributed by atoms with Crippen molar-refractivity contribution in [3.8, 4) is 5.75 Å². The number of thiophene rings is 1. The summed E-state index contributed by atoms with van der Waals surface area (Å²) in [7, 11) is 0. The number of hydrogen-bond donors (Lipinski definition) is 0. The Morgan fingerprint density at radius 2 is 1.85 bits per heavy atom. The molecule has 1 aromatic heterocycles. The quantitative estimate of drug-likeness (QED) is 0.495. The van der Waals surface area contributed by atoms with Gasteiger partial charge in [0.25, 0.3) is 5.91 Å². The zero-order chi connectivity index (χ0) is 23.4. The zero-order valence-electron chi connectivity index (χ0n) is 18.7. The summed E-state index contributed by atoms with van der Waals surface area (Å²) in [4.78, 5) is 31.1. The van der Waals surface area contributed by atoms with E-state index in [4.69, 9.17) is 4.74 Å². The number of ether oxygens (including phenoxy) is 1. The molecule has 1 atom stereocenters. The van der Waals surface area contributed by atoms with Crippen LogP contribution in [0.3, 0.4) is 0 Å². The fourth-order valence-electron chi connectivity index (χ4n) is 4.08. The van der Waals surface area contributed by atoms with Crippen LogP contribution in [0.5, 0.6) is 5.75 Å². The van der Waals surface area contributed by atoms with Crippen LogP contribution < -0.4 is 4.74 Å². The Labute approximate surface area is 197 Å². The Balaban J connectivity index is 1.54. The number of hydrogen-bond acceptors (Lipinski definition) is 4. The van der Waals surface area contributed by atoms with Crippen LogP contribution in [0.2, 0.25) is 0 Å². The third-order valence-electron chi connectivity index (χ3n) is 5.86. The average molecular weight is 467 g/mol. The van der Waals surface area contributed by atoms with Crippen molar-refractivity contribution < 1.29 is 18.7 Å². The van der Waals surface area contributed by atoms with Crippen molar-refractivity contribution in [1.29, 1.82) is 0 Å². The molecule has 0 radical (unpaired) electrons. The number of fused-ring (bicyclic) bond motifs is 1. The third-order valence-corrected chi connectivity index (χ3v) is 6.86. The number of halogens is 1. The maximum Gasteiger partial charge on any atom is 0.254 e. The van der Waals surface area contributed by atoms with Crippen molar-refractivity contribution in [2.24, 2.45) is 0 Å². The van der Waals surface area contributed by atoms with Gasteiger partial charge in [0.15, 0.2) is 11.6 Å². The zero-order valence-corrected chi connectivity index (χ0v) is 19.6. The predicted octanol–water partition coefficient (Wildman–Crippen LogP) is 4.94. The number of carbonyl (C=O) groups is 2. The van der Waals surface area contributed by atoms with E-state index in [9.17, 15) is 14.0 Å². The molecule has 2 amide bonds. The summed E-state index contributed by atoms with van der Waals surface area (Å²) in [6.45, 7) is 4.45. The van der Waals surface area contributed by atoms with Crippen molar-refractivity contribution in [1.82, 2.24) is 9.80 Å². The summed E-state index contributed by atoms with van der Waals surface area (Å²) in [5.74, 6) is -0.593. The lowest BCUT2D eigenvalue weighted by molar-refractivity contribution is -0.136. The molecule has 5 nitrogen and oxygen atoms in total. The SMILES string of the molecule is CC(C)N(CC(=O)N1CCc2sccc2[C@@H]1COc1ccccc1F)C(=O)c1ccccc1. The summed E-state index contributed by atoms with van der Waals surface area (Å²) < 4.78 is 19.9. The van der Waals surface area contributed by atoms with Gasteiger partial charge in [-0.2, -0.15) is 0 Å². The molecule has 0 fully saturated rings. The molecule has 0 unspecified atom stereocenters. The third kappa shape index (κ3) is 5.09. The van der Waals surface area contributed by atoms with Gasteiger partial charge in [-0.15, -0.1) is 11.3 Å². The fourth-order valence-corrected chi connectivity index (χ4v) is 5.01. The Morgan fingerprint density at radius 1 is 1.12 bits per heavy atom. The predicted molar refractivity (Wildman–Crippen MR) is 127 cm³/mol. The second-order valence-corrected chi connectivity index (χ2v) is 9.29. The van der Waals surface area contributed by atoms with Crippen molar-refractivity contribution in [2.75, 3.05) is 19.7 Å². The molecule has 4 rings (SSSR count). The molecule has 172 valence electrons. The maximum absolute atomic E-state index is 14.1. The molecule has 7 heteroatoms. The van der Waals surface area contributed by atoms with Gasteiger partial charge in [-0.25, -0.2) is 4.39 Å². The molecule has 0 saturated heterocycles. The summed E-state index contributed by atoms with van der Waals surface area (Å²) in [5.41, 5.74) is 1.58. The highest BCUT2D eigenvalue weighted by Gasteiger charge is 2.34. The van der Waals surface area contributed by atoms with E-state index in [-0.39, 0.29) is 42.8 Å². The normalized spacial score (nSPS) is 15.3. The molecule has 3 aromatic rings. The van der Waals surface area contributed by atoms with Gasteiger partial charge in [-0.05, 0) is 61.5 Å². The van der Waals surface area contributed by atoms with E-state index in [1.54, 1.807) is 51.5 Å². The van der Waals surface area contributed by atoms with Gasteiger partial charge in [0.05, 0.1) is 6.04 Å². The van der Waals surface area contributed by atoms with Gasteiger partial charge in [0.1, 0.15) is 13.2 Å². The molecule has 0 saturated carbocycles. The van der Waals surface area contributed by atoms with E-state index >= 15 is 0 Å². The Kier molecular flexibility index (Phi) is 7.08. The van der Waals surface area contributed by atoms with E-state index in [0.29, 0.717) is 12.1 Å². The van der Waals surface area contributed by atoms with Crippen molar-refractivity contribution in [2.45, 2.75) is 32.4 Å². The number of carbonyl (C=O) groups excluding carboxylic acids is 2. The average Bonchev–Trinajstić information content (AvgIpc) is 3.31. The van der Waals surface area contributed by atoms with Gasteiger partial charge in [-0.1, -0.05) is 30.3 Å². The van der Waals surface area contributed by atoms with Crippen LogP contribution in [0.1, 0.15) is 40.7 Å². The van der Waals surface area contributed by atoms with Gasteiger partial charge in [0.2, 0.25) is 5.91 Å². The number of amides is 2. The van der Waals surface area contributed by atoms with E-state index in [1.807, 2.05) is 43.5 Å². The van der Waals surface area contributed by atoms with Crippen molar-refractivity contribution in [3.63, 3.8) is 0 Å². The van der Waals surface area contributed by atoms with E-state index in [0.717, 1.165) is 12.0 Å². The monoisotopic (exact) mass is 466 g/mol. The first-order valence-corrected chi connectivity index (χ1v) is 11.9. The molecule has 2 heterocycles. The van der Waals surface area contributed by atoms with Gasteiger partial charge in [0, 0.05) is 23.0 Å². The Bertz CT molecular complexity index is 1120. The van der Waals surface area contributed by atoms with Crippen molar-refractivity contribution in [3.05, 3.63) is 87.9 Å². The van der Waals surface area contributed by atoms with Crippen LogP contribution in [0.25, 0.3) is 0 Å². The Morgan fingerprint density at radius 3 is 2.58 bits per heavy atom. The lowest BCUT2D eigenvalue weighted by Gasteiger charge is -2.37. The Hall–Kier alpha value is -3.19. The lowest BCUT2D eigenvalue weighted by Crippen LogP contribution is -2.49. The molecular formula is C26H27FN2O3S. The minimum absolute atomic E-state index is 0.0267. The highest BCUT2D eigenvalue weighted by atomic mass is 32.1. The molecule has 1 aliphatic rings. The van der Waals surface area contributed by atoms with Crippen LogP contribution in [0.15, 0.2) is 66.0 Å². The number of benzene rings is 2. The smallest absolute Gasteiger partial charge is 0.254 e. The first-order valence-electron chi connectivity index (χ1n) is 11.0. The van der Waals surface area contributed by atoms with Crippen molar-refractivity contribution >= 4 is 23.2 Å². The molecule has 0 aliphatic carbocycles. The van der Waals surface area contributed by atoms with Crippen LogP contribution >= 0.6 is 11.3 Å². The summed E-state index contributed by atoms with van der Waals surface area (Å²) in [6.07, 6.45) is 0.753. The van der Waals surface area contributed by atoms with E-state index < -0.39 is 5.82 Å². The first-order chi connectivity index (χ1) is 16.0. The molecule has 0 bridgehead atoms. The van der Waals surface area contributed by atoms with Crippen LogP contribution in [0.4, 0.5) is 4.39 Å². The number of nitrogens with zero attached hydrogens (tertiary/aromatic N) is 2. The standard InChI is InChI=1S/C26H27FN2O3S/c1-18(2)29(26(31)19-8-4-3-5-9-19)16-25(30)28-14-12-24-20(13-15-33-24)22(28)17-32-23-11-7-6-10-21(23)27/h3-11,13,15,18,22H,12,14,16-17H2,1-2H3/t22-/m0/s1. The van der Waals surface area contributed by atoms with Gasteiger partial charge in [-0.3, -0.25) is 9.59 Å². The highest BCUT2D eigenvalue weighted by Crippen LogP contribution is 2.34. The van der Waals surface area contributed by atoms with Crippen LogP contribution in [-0.4, -0.2) is 47.4 Å². The van der Waals surface area contributed by atoms with Crippen LogP contribution in [-0.2, 0) is 11.2 Å². The summed E-state index contributed by atoms with van der Waals surface area (Å²) in [6, 6.07) is 16.8. The molecular weight excluding hydrogens is 439 g/mol. The largest absolute Gasteiger partial charge is 0.488 e. The van der Waals surface area contributed by atoms with Gasteiger partial charge < -0.3 is 14.5 Å². The summed E-state index contributed by atoms with van der Waals surface area (Å²) in [5, 5.41) is 2.01. The number of rotatable bonds is 7.